The van der Waals surface area contributed by atoms with Crippen LogP contribution in [-0.2, 0) is 30.9 Å². The van der Waals surface area contributed by atoms with E-state index in [0.29, 0.717) is 6.61 Å². The standard InChI is InChI=1S/C29H29NO4/c1-3-23(17-29(31)32)24-8-11-27(12-9-24)34-20-22-6-4-21(5-7-22)18-30-15-14-25-16-28(33-2)13-10-26(25)19-30/h1,4-13,16,23H,14-15,17-20H2,2H3,(H,31,32)/t23-/m0/s1. The largest absolute Gasteiger partial charge is 0.497 e. The molecule has 174 valence electrons. The van der Waals surface area contributed by atoms with Crippen LogP contribution in [0.1, 0.15) is 40.2 Å². The molecule has 34 heavy (non-hydrogen) atoms. The molecule has 0 fully saturated rings. The Morgan fingerprint density at radius 1 is 1.03 bits per heavy atom. The molecule has 4 rings (SSSR count). The molecule has 0 unspecified atom stereocenters. The van der Waals surface area contributed by atoms with Gasteiger partial charge in [0.15, 0.2) is 0 Å². The lowest BCUT2D eigenvalue weighted by molar-refractivity contribution is -0.137. The topological polar surface area (TPSA) is 59.0 Å². The van der Waals surface area contributed by atoms with E-state index in [-0.39, 0.29) is 6.42 Å². The summed E-state index contributed by atoms with van der Waals surface area (Å²) in [5.74, 6) is 2.85. The molecule has 1 heterocycles. The summed E-state index contributed by atoms with van der Waals surface area (Å²) < 4.78 is 11.2. The first-order valence-corrected chi connectivity index (χ1v) is 11.4. The zero-order valence-electron chi connectivity index (χ0n) is 19.4. The third-order valence-corrected chi connectivity index (χ3v) is 6.20. The molecule has 0 amide bonds. The number of aliphatic carboxylic acids is 1. The van der Waals surface area contributed by atoms with Crippen molar-refractivity contribution in [3.8, 4) is 23.8 Å². The SMILES string of the molecule is C#C[C@@H](CC(=O)O)c1ccc(OCc2ccc(CN3CCc4cc(OC)ccc4C3)cc2)cc1. The summed E-state index contributed by atoms with van der Waals surface area (Å²) in [6.45, 7) is 3.37. The average Bonchev–Trinajstić information content (AvgIpc) is 2.87. The smallest absolute Gasteiger partial charge is 0.304 e. The minimum Gasteiger partial charge on any atom is -0.497 e. The van der Waals surface area contributed by atoms with Crippen molar-refractivity contribution in [1.29, 1.82) is 0 Å². The number of rotatable bonds is 9. The monoisotopic (exact) mass is 455 g/mol. The molecule has 0 aliphatic carbocycles. The van der Waals surface area contributed by atoms with Gasteiger partial charge >= 0.3 is 5.97 Å². The number of benzene rings is 3. The third kappa shape index (κ3) is 5.98. The number of hydrogen-bond acceptors (Lipinski definition) is 4. The Morgan fingerprint density at radius 2 is 1.74 bits per heavy atom. The molecular weight excluding hydrogens is 426 g/mol. The lowest BCUT2D eigenvalue weighted by Gasteiger charge is -2.29. The Labute approximate surface area is 200 Å². The van der Waals surface area contributed by atoms with Crippen LogP contribution in [0.25, 0.3) is 0 Å². The highest BCUT2D eigenvalue weighted by Crippen LogP contribution is 2.25. The van der Waals surface area contributed by atoms with E-state index in [1.165, 1.54) is 16.7 Å². The lowest BCUT2D eigenvalue weighted by atomic mass is 9.97. The van der Waals surface area contributed by atoms with E-state index in [1.807, 2.05) is 30.3 Å². The van der Waals surface area contributed by atoms with Gasteiger partial charge in [0.05, 0.1) is 19.4 Å². The number of fused-ring (bicyclic) bond motifs is 1. The quantitative estimate of drug-likeness (QED) is 0.459. The summed E-state index contributed by atoms with van der Waals surface area (Å²) in [6, 6.07) is 22.2. The first-order valence-electron chi connectivity index (χ1n) is 11.4. The Hall–Kier alpha value is -3.75. The molecule has 0 aromatic heterocycles. The minimum absolute atomic E-state index is 0.0816. The summed E-state index contributed by atoms with van der Waals surface area (Å²) in [5.41, 5.74) is 5.94. The molecule has 1 aliphatic heterocycles. The molecule has 0 saturated heterocycles. The highest BCUT2D eigenvalue weighted by Gasteiger charge is 2.17. The molecule has 3 aromatic rings. The number of carbonyl (C=O) groups is 1. The van der Waals surface area contributed by atoms with Crippen LogP contribution in [0.3, 0.4) is 0 Å². The fourth-order valence-corrected chi connectivity index (χ4v) is 4.26. The van der Waals surface area contributed by atoms with Crippen molar-refractivity contribution in [3.63, 3.8) is 0 Å². The van der Waals surface area contributed by atoms with E-state index < -0.39 is 11.9 Å². The lowest BCUT2D eigenvalue weighted by Crippen LogP contribution is -2.30. The van der Waals surface area contributed by atoms with E-state index >= 15 is 0 Å². The molecule has 1 atom stereocenters. The van der Waals surface area contributed by atoms with Gasteiger partial charge in [-0.2, -0.15) is 0 Å². The molecule has 1 N–H and O–H groups in total. The first kappa shape index (κ1) is 23.4. The highest BCUT2D eigenvalue weighted by atomic mass is 16.5. The molecule has 5 nitrogen and oxygen atoms in total. The fourth-order valence-electron chi connectivity index (χ4n) is 4.26. The van der Waals surface area contributed by atoms with Crippen molar-refractivity contribution >= 4 is 5.97 Å². The average molecular weight is 456 g/mol. The van der Waals surface area contributed by atoms with Crippen molar-refractivity contribution in [3.05, 3.63) is 94.5 Å². The maximum absolute atomic E-state index is 10.9. The van der Waals surface area contributed by atoms with Crippen molar-refractivity contribution in [2.24, 2.45) is 0 Å². The van der Waals surface area contributed by atoms with Crippen LogP contribution in [0, 0.1) is 12.3 Å². The normalized spacial score (nSPS) is 14.0. The number of hydrogen-bond donors (Lipinski definition) is 1. The predicted octanol–water partition coefficient (Wildman–Crippen LogP) is 5.02. The van der Waals surface area contributed by atoms with E-state index in [2.05, 4.69) is 47.2 Å². The minimum atomic E-state index is -0.905. The fraction of sp³-hybridized carbons (Fsp3) is 0.276. The zero-order valence-corrected chi connectivity index (χ0v) is 19.4. The van der Waals surface area contributed by atoms with Crippen LogP contribution < -0.4 is 9.47 Å². The Balaban J connectivity index is 1.29. The Morgan fingerprint density at radius 3 is 2.41 bits per heavy atom. The maximum atomic E-state index is 10.9. The maximum Gasteiger partial charge on any atom is 0.304 e. The molecule has 0 saturated carbocycles. The van der Waals surface area contributed by atoms with E-state index in [4.69, 9.17) is 21.0 Å². The van der Waals surface area contributed by atoms with Gasteiger partial charge in [-0.1, -0.05) is 48.4 Å². The second kappa shape index (κ2) is 10.9. The van der Waals surface area contributed by atoms with Crippen LogP contribution in [0.4, 0.5) is 0 Å². The number of carboxylic acid groups (broad SMARTS) is 1. The summed E-state index contributed by atoms with van der Waals surface area (Å²) in [4.78, 5) is 13.4. The van der Waals surface area contributed by atoms with Gasteiger partial charge in [-0.25, -0.2) is 0 Å². The summed E-state index contributed by atoms with van der Waals surface area (Å²) >= 11 is 0. The van der Waals surface area contributed by atoms with Crippen molar-refractivity contribution < 1.29 is 19.4 Å². The molecule has 3 aromatic carbocycles. The van der Waals surface area contributed by atoms with E-state index in [1.54, 1.807) is 7.11 Å². The molecule has 5 heteroatoms. The van der Waals surface area contributed by atoms with Gasteiger partial charge in [0.2, 0.25) is 0 Å². The van der Waals surface area contributed by atoms with E-state index in [0.717, 1.165) is 48.7 Å². The summed E-state index contributed by atoms with van der Waals surface area (Å²) in [6.07, 6.45) is 6.43. The van der Waals surface area contributed by atoms with Gasteiger partial charge in [-0.15, -0.1) is 6.42 Å². The zero-order chi connectivity index (χ0) is 23.9. The third-order valence-electron chi connectivity index (χ3n) is 6.20. The van der Waals surface area contributed by atoms with E-state index in [9.17, 15) is 4.79 Å². The molecular formula is C29H29NO4. The number of carboxylic acids is 1. The van der Waals surface area contributed by atoms with Crippen molar-refractivity contribution in [1.82, 2.24) is 4.90 Å². The highest BCUT2D eigenvalue weighted by molar-refractivity contribution is 5.68. The van der Waals surface area contributed by atoms with Crippen LogP contribution in [0.5, 0.6) is 11.5 Å². The predicted molar refractivity (Wildman–Crippen MR) is 132 cm³/mol. The second-order valence-corrected chi connectivity index (χ2v) is 8.59. The van der Waals surface area contributed by atoms with Crippen LogP contribution >= 0.6 is 0 Å². The van der Waals surface area contributed by atoms with Crippen molar-refractivity contribution in [2.75, 3.05) is 13.7 Å². The van der Waals surface area contributed by atoms with Gasteiger partial charge in [-0.3, -0.25) is 9.69 Å². The van der Waals surface area contributed by atoms with Crippen LogP contribution in [0.15, 0.2) is 66.7 Å². The number of nitrogens with zero attached hydrogens (tertiary/aromatic N) is 1. The molecule has 0 spiro atoms. The summed E-state index contributed by atoms with van der Waals surface area (Å²) in [7, 11) is 1.71. The first-order chi connectivity index (χ1) is 16.5. The second-order valence-electron chi connectivity index (χ2n) is 8.59. The van der Waals surface area contributed by atoms with Gasteiger partial charge in [0.1, 0.15) is 18.1 Å². The Bertz CT molecular complexity index is 1160. The summed E-state index contributed by atoms with van der Waals surface area (Å²) in [5, 5.41) is 8.98. The van der Waals surface area contributed by atoms with Gasteiger partial charge in [-0.05, 0) is 58.5 Å². The Kier molecular flexibility index (Phi) is 7.51. The number of terminal acetylenes is 1. The van der Waals surface area contributed by atoms with Gasteiger partial charge in [0.25, 0.3) is 0 Å². The van der Waals surface area contributed by atoms with Crippen LogP contribution in [-0.4, -0.2) is 29.6 Å². The molecule has 0 bridgehead atoms. The van der Waals surface area contributed by atoms with Crippen molar-refractivity contribution in [2.45, 2.75) is 38.5 Å². The molecule has 0 radical (unpaired) electrons. The van der Waals surface area contributed by atoms with Crippen LogP contribution in [0.2, 0.25) is 0 Å². The number of ether oxygens (including phenoxy) is 2. The number of methoxy groups -OCH3 is 1. The van der Waals surface area contributed by atoms with Gasteiger partial charge < -0.3 is 14.6 Å². The molecule has 1 aliphatic rings. The van der Waals surface area contributed by atoms with Gasteiger partial charge in [0, 0.05) is 19.6 Å².